The molecule has 19 heavy (non-hydrogen) atoms. The summed E-state index contributed by atoms with van der Waals surface area (Å²) in [5.74, 6) is -0.541. The molecule has 7 heteroatoms. The number of carbonyl (C=O) groups is 1. The van der Waals surface area contributed by atoms with E-state index in [4.69, 9.17) is 32.7 Å². The van der Waals surface area contributed by atoms with E-state index in [1.54, 1.807) is 6.07 Å². The number of aromatic carboxylic acids is 1. The van der Waals surface area contributed by atoms with Gasteiger partial charge in [-0.25, -0.2) is 9.78 Å². The molecule has 0 radical (unpaired) electrons. The van der Waals surface area contributed by atoms with E-state index in [2.05, 4.69) is 10.3 Å². The molecule has 2 N–H and O–H groups in total. The van der Waals surface area contributed by atoms with Gasteiger partial charge in [-0.1, -0.05) is 23.2 Å². The number of hydrogen-bond acceptors (Lipinski definition) is 4. The number of rotatable bonds is 4. The Morgan fingerprint density at radius 1 is 1.47 bits per heavy atom. The van der Waals surface area contributed by atoms with Crippen molar-refractivity contribution in [3.63, 3.8) is 0 Å². The van der Waals surface area contributed by atoms with Gasteiger partial charge in [-0.15, -0.1) is 0 Å². The summed E-state index contributed by atoms with van der Waals surface area (Å²) in [4.78, 5) is 14.6. The van der Waals surface area contributed by atoms with Crippen LogP contribution in [-0.2, 0) is 6.54 Å². The van der Waals surface area contributed by atoms with Crippen molar-refractivity contribution in [1.29, 1.82) is 0 Å². The van der Waals surface area contributed by atoms with Gasteiger partial charge in [0.2, 0.25) is 0 Å². The summed E-state index contributed by atoms with van der Waals surface area (Å²) < 4.78 is 5.12. The first-order valence-corrected chi connectivity index (χ1v) is 6.10. The van der Waals surface area contributed by atoms with Crippen molar-refractivity contribution in [3.05, 3.63) is 45.6 Å². The van der Waals surface area contributed by atoms with Crippen molar-refractivity contribution in [3.8, 4) is 0 Å². The smallest absolute Gasteiger partial charge is 0.338 e. The van der Waals surface area contributed by atoms with Gasteiger partial charge in [0, 0.05) is 0 Å². The molecule has 0 amide bonds. The Morgan fingerprint density at radius 3 is 2.79 bits per heavy atom. The Morgan fingerprint density at radius 2 is 2.21 bits per heavy atom. The number of furan rings is 1. The number of anilines is 1. The fraction of sp³-hybridized carbons (Fsp3) is 0.167. The van der Waals surface area contributed by atoms with Crippen LogP contribution in [-0.4, -0.2) is 16.1 Å². The normalized spacial score (nSPS) is 10.5. The summed E-state index contributed by atoms with van der Waals surface area (Å²) in [7, 11) is 0. The van der Waals surface area contributed by atoms with Gasteiger partial charge in [0.15, 0.2) is 5.15 Å². The van der Waals surface area contributed by atoms with E-state index >= 15 is 0 Å². The minimum atomic E-state index is -1.03. The maximum absolute atomic E-state index is 10.7. The number of hydrogen-bond donors (Lipinski definition) is 2. The number of pyridine rings is 1. The lowest BCUT2D eigenvalue weighted by Gasteiger charge is -2.09. The van der Waals surface area contributed by atoms with Gasteiger partial charge in [0.25, 0.3) is 0 Å². The zero-order chi connectivity index (χ0) is 14.0. The molecule has 0 saturated carbocycles. The highest BCUT2D eigenvalue weighted by atomic mass is 35.5. The van der Waals surface area contributed by atoms with E-state index in [0.717, 1.165) is 5.56 Å². The first-order chi connectivity index (χ1) is 8.97. The molecule has 0 aliphatic carbocycles. The van der Waals surface area contributed by atoms with E-state index in [1.807, 2.05) is 6.92 Å². The zero-order valence-corrected chi connectivity index (χ0v) is 11.4. The van der Waals surface area contributed by atoms with Gasteiger partial charge in [0.05, 0.1) is 17.8 Å². The van der Waals surface area contributed by atoms with Crippen LogP contribution >= 0.6 is 23.2 Å². The van der Waals surface area contributed by atoms with E-state index in [0.29, 0.717) is 23.1 Å². The third-order valence-electron chi connectivity index (χ3n) is 2.48. The Balaban J connectivity index is 2.12. The average Bonchev–Trinajstić information content (AvgIpc) is 2.76. The largest absolute Gasteiger partial charge is 0.478 e. The van der Waals surface area contributed by atoms with Crippen LogP contribution in [0.5, 0.6) is 0 Å². The zero-order valence-electron chi connectivity index (χ0n) is 9.91. The summed E-state index contributed by atoms with van der Waals surface area (Å²) in [5, 5.41) is 12.4. The molecule has 0 spiro atoms. The average molecular weight is 301 g/mol. The predicted molar refractivity (Wildman–Crippen MR) is 72.0 cm³/mol. The van der Waals surface area contributed by atoms with Gasteiger partial charge < -0.3 is 14.8 Å². The van der Waals surface area contributed by atoms with Gasteiger partial charge in [-0.2, -0.15) is 0 Å². The van der Waals surface area contributed by atoms with Crippen molar-refractivity contribution in [1.82, 2.24) is 4.98 Å². The lowest BCUT2D eigenvalue weighted by molar-refractivity contribution is 0.0696. The molecule has 0 unspecified atom stereocenters. The molecule has 100 valence electrons. The standard InChI is InChI=1S/C12H10Cl2N2O3/c1-6-2-9(13)16-11(14)10(6)15-4-8-3-7(5-19-8)12(17)18/h2-3,5,15H,4H2,1H3,(H,17,18). The lowest BCUT2D eigenvalue weighted by Crippen LogP contribution is -2.02. The van der Waals surface area contributed by atoms with Crippen LogP contribution in [0.2, 0.25) is 10.3 Å². The van der Waals surface area contributed by atoms with Crippen LogP contribution in [0.4, 0.5) is 5.69 Å². The van der Waals surface area contributed by atoms with E-state index in [-0.39, 0.29) is 10.7 Å². The van der Waals surface area contributed by atoms with Crippen LogP contribution in [0.3, 0.4) is 0 Å². The van der Waals surface area contributed by atoms with Gasteiger partial charge in [0.1, 0.15) is 17.2 Å². The number of nitrogens with zero attached hydrogens (tertiary/aromatic N) is 1. The highest BCUT2D eigenvalue weighted by Gasteiger charge is 2.10. The van der Waals surface area contributed by atoms with Crippen molar-refractivity contribution in [2.75, 3.05) is 5.32 Å². The number of halogens is 2. The van der Waals surface area contributed by atoms with Gasteiger partial charge >= 0.3 is 5.97 Å². The number of aromatic nitrogens is 1. The molecule has 2 heterocycles. The first-order valence-electron chi connectivity index (χ1n) is 5.34. The summed E-state index contributed by atoms with van der Waals surface area (Å²) in [6, 6.07) is 3.13. The Hall–Kier alpha value is -1.72. The van der Waals surface area contributed by atoms with Gasteiger partial charge in [-0.05, 0) is 24.6 Å². The molecule has 5 nitrogen and oxygen atoms in total. The summed E-state index contributed by atoms with van der Waals surface area (Å²) in [5.41, 5.74) is 1.59. The third-order valence-corrected chi connectivity index (χ3v) is 2.95. The molecule has 0 bridgehead atoms. The molecule has 0 fully saturated rings. The van der Waals surface area contributed by atoms with Crippen LogP contribution in [0.1, 0.15) is 21.7 Å². The second-order valence-corrected chi connectivity index (χ2v) is 4.63. The minimum absolute atomic E-state index is 0.105. The highest BCUT2D eigenvalue weighted by molar-refractivity contribution is 6.34. The van der Waals surface area contributed by atoms with Crippen molar-refractivity contribution >= 4 is 34.9 Å². The molecular weight excluding hydrogens is 291 g/mol. The number of carboxylic acid groups (broad SMARTS) is 1. The van der Waals surface area contributed by atoms with E-state index < -0.39 is 5.97 Å². The summed E-state index contributed by atoms with van der Waals surface area (Å²) in [6.45, 7) is 2.14. The Bertz CT molecular complexity index is 602. The minimum Gasteiger partial charge on any atom is -0.478 e. The summed E-state index contributed by atoms with van der Waals surface area (Å²) in [6.07, 6.45) is 1.19. The molecule has 0 aliphatic heterocycles. The van der Waals surface area contributed by atoms with Crippen LogP contribution in [0.25, 0.3) is 0 Å². The van der Waals surface area contributed by atoms with Crippen LogP contribution in [0.15, 0.2) is 22.8 Å². The molecule has 0 atom stereocenters. The van der Waals surface area contributed by atoms with Crippen LogP contribution in [0, 0.1) is 6.92 Å². The summed E-state index contributed by atoms with van der Waals surface area (Å²) >= 11 is 11.7. The number of carboxylic acids is 1. The van der Waals surface area contributed by atoms with Gasteiger partial charge in [-0.3, -0.25) is 0 Å². The second kappa shape index (κ2) is 5.50. The van der Waals surface area contributed by atoms with Crippen molar-refractivity contribution in [2.45, 2.75) is 13.5 Å². The Kier molecular flexibility index (Phi) is 3.97. The molecule has 0 aromatic carbocycles. The van der Waals surface area contributed by atoms with Crippen molar-refractivity contribution in [2.24, 2.45) is 0 Å². The fourth-order valence-electron chi connectivity index (χ4n) is 1.57. The number of aryl methyl sites for hydroxylation is 1. The molecule has 2 rings (SSSR count). The van der Waals surface area contributed by atoms with E-state index in [9.17, 15) is 4.79 Å². The SMILES string of the molecule is Cc1cc(Cl)nc(Cl)c1NCc1cc(C(=O)O)co1. The predicted octanol–water partition coefficient (Wildman–Crippen LogP) is 3.60. The monoisotopic (exact) mass is 300 g/mol. The molecule has 2 aromatic heterocycles. The molecule has 2 aromatic rings. The quantitative estimate of drug-likeness (QED) is 0.844. The third kappa shape index (κ3) is 3.19. The molecule has 0 aliphatic rings. The number of nitrogens with one attached hydrogen (secondary N) is 1. The maximum Gasteiger partial charge on any atom is 0.338 e. The maximum atomic E-state index is 10.7. The van der Waals surface area contributed by atoms with Crippen LogP contribution < -0.4 is 5.32 Å². The molecule has 0 saturated heterocycles. The van der Waals surface area contributed by atoms with E-state index in [1.165, 1.54) is 12.3 Å². The lowest BCUT2D eigenvalue weighted by atomic mass is 10.2. The Labute approximate surface area is 119 Å². The topological polar surface area (TPSA) is 75.4 Å². The fourth-order valence-corrected chi connectivity index (χ4v) is 2.17. The highest BCUT2D eigenvalue weighted by Crippen LogP contribution is 2.27. The molecular formula is C12H10Cl2N2O3. The second-order valence-electron chi connectivity index (χ2n) is 3.89. The van der Waals surface area contributed by atoms with Crippen molar-refractivity contribution < 1.29 is 14.3 Å². The first kappa shape index (κ1) is 13.7.